The fraction of sp³-hybridized carbons (Fsp3) is 0.417. The first-order chi connectivity index (χ1) is 8.13. The van der Waals surface area contributed by atoms with E-state index < -0.39 is 0 Å². The summed E-state index contributed by atoms with van der Waals surface area (Å²) in [6, 6.07) is 5.81. The standard InChI is InChI=1S/C12H13Br2NO2/c13-8-1-4-10(11(14)7-8)12(17)15(5-6-16)9-2-3-9/h1,4,7,9,16H,2-3,5-6H2. The van der Waals surface area contributed by atoms with Crippen molar-refractivity contribution in [3.8, 4) is 0 Å². The zero-order valence-corrected chi connectivity index (χ0v) is 12.4. The van der Waals surface area contributed by atoms with Crippen molar-refractivity contribution in [3.63, 3.8) is 0 Å². The Bertz CT molecular complexity index is 433. The molecule has 92 valence electrons. The van der Waals surface area contributed by atoms with Gasteiger partial charge in [-0.3, -0.25) is 4.79 Å². The summed E-state index contributed by atoms with van der Waals surface area (Å²) in [6.07, 6.45) is 2.08. The van der Waals surface area contributed by atoms with Crippen molar-refractivity contribution < 1.29 is 9.90 Å². The largest absolute Gasteiger partial charge is 0.395 e. The Balaban J connectivity index is 2.22. The van der Waals surface area contributed by atoms with Gasteiger partial charge in [-0.25, -0.2) is 0 Å². The summed E-state index contributed by atoms with van der Waals surface area (Å²) in [5, 5.41) is 9.01. The van der Waals surface area contributed by atoms with Crippen LogP contribution in [0.1, 0.15) is 23.2 Å². The maximum Gasteiger partial charge on any atom is 0.255 e. The number of hydrogen-bond acceptors (Lipinski definition) is 2. The predicted octanol–water partition coefficient (Wildman–Crippen LogP) is 2.81. The van der Waals surface area contributed by atoms with Crippen LogP contribution in [0.4, 0.5) is 0 Å². The fourth-order valence-corrected chi connectivity index (χ4v) is 2.98. The second-order valence-electron chi connectivity index (χ2n) is 4.08. The molecule has 0 atom stereocenters. The van der Waals surface area contributed by atoms with Crippen molar-refractivity contribution in [1.82, 2.24) is 4.90 Å². The average molecular weight is 363 g/mol. The molecular weight excluding hydrogens is 350 g/mol. The molecular formula is C12H13Br2NO2. The molecule has 5 heteroatoms. The quantitative estimate of drug-likeness (QED) is 0.894. The highest BCUT2D eigenvalue weighted by Gasteiger charge is 2.33. The van der Waals surface area contributed by atoms with Crippen LogP contribution in [-0.4, -0.2) is 35.1 Å². The van der Waals surface area contributed by atoms with E-state index in [1.54, 1.807) is 11.0 Å². The molecule has 0 heterocycles. The normalized spacial score (nSPS) is 14.8. The Morgan fingerprint density at radius 3 is 2.65 bits per heavy atom. The molecule has 1 amide bonds. The van der Waals surface area contributed by atoms with Crippen molar-refractivity contribution in [3.05, 3.63) is 32.7 Å². The SMILES string of the molecule is O=C(c1ccc(Br)cc1Br)N(CCO)C1CC1. The summed E-state index contributed by atoms with van der Waals surface area (Å²) in [7, 11) is 0. The molecule has 1 aromatic carbocycles. The Kier molecular flexibility index (Phi) is 4.22. The lowest BCUT2D eigenvalue weighted by atomic mass is 10.2. The van der Waals surface area contributed by atoms with E-state index in [4.69, 9.17) is 5.11 Å². The van der Waals surface area contributed by atoms with Crippen LogP contribution in [0.15, 0.2) is 27.1 Å². The molecule has 0 spiro atoms. The Labute approximate surface area is 117 Å². The molecule has 1 aliphatic carbocycles. The van der Waals surface area contributed by atoms with Crippen LogP contribution in [0.3, 0.4) is 0 Å². The van der Waals surface area contributed by atoms with Crippen molar-refractivity contribution in [1.29, 1.82) is 0 Å². The predicted molar refractivity (Wildman–Crippen MR) is 73.0 cm³/mol. The number of nitrogens with zero attached hydrogens (tertiary/aromatic N) is 1. The lowest BCUT2D eigenvalue weighted by Gasteiger charge is -2.22. The molecule has 3 nitrogen and oxygen atoms in total. The highest BCUT2D eigenvalue weighted by molar-refractivity contribution is 9.11. The van der Waals surface area contributed by atoms with Crippen molar-refractivity contribution in [2.75, 3.05) is 13.2 Å². The van der Waals surface area contributed by atoms with Crippen molar-refractivity contribution in [2.45, 2.75) is 18.9 Å². The van der Waals surface area contributed by atoms with E-state index in [9.17, 15) is 4.79 Å². The van der Waals surface area contributed by atoms with Crippen LogP contribution in [0.25, 0.3) is 0 Å². The van der Waals surface area contributed by atoms with Gasteiger partial charge < -0.3 is 10.0 Å². The van der Waals surface area contributed by atoms with Gasteiger partial charge in [-0.1, -0.05) is 15.9 Å². The molecule has 0 saturated heterocycles. The van der Waals surface area contributed by atoms with Crippen molar-refractivity contribution in [2.24, 2.45) is 0 Å². The van der Waals surface area contributed by atoms with Gasteiger partial charge in [0.25, 0.3) is 5.91 Å². The zero-order valence-electron chi connectivity index (χ0n) is 9.20. The summed E-state index contributed by atoms with van der Waals surface area (Å²) in [6.45, 7) is 0.419. The third-order valence-electron chi connectivity index (χ3n) is 2.75. The minimum Gasteiger partial charge on any atom is -0.395 e. The summed E-state index contributed by atoms with van der Waals surface area (Å²) in [4.78, 5) is 14.1. The minimum absolute atomic E-state index is 0.0103. The molecule has 0 aromatic heterocycles. The first kappa shape index (κ1) is 13.1. The summed E-state index contributed by atoms with van der Waals surface area (Å²) in [5.74, 6) is -0.0130. The highest BCUT2D eigenvalue weighted by atomic mass is 79.9. The van der Waals surface area contributed by atoms with Gasteiger partial charge in [-0.2, -0.15) is 0 Å². The molecule has 1 saturated carbocycles. The van der Waals surface area contributed by atoms with Crippen molar-refractivity contribution >= 4 is 37.8 Å². The van der Waals surface area contributed by atoms with E-state index in [0.29, 0.717) is 18.2 Å². The van der Waals surface area contributed by atoms with Gasteiger partial charge in [0.15, 0.2) is 0 Å². The van der Waals surface area contributed by atoms with E-state index in [0.717, 1.165) is 21.8 Å². The minimum atomic E-state index is -0.0130. The number of aliphatic hydroxyl groups is 1. The van der Waals surface area contributed by atoms with E-state index in [-0.39, 0.29) is 12.5 Å². The molecule has 1 aromatic rings. The van der Waals surface area contributed by atoms with Gasteiger partial charge in [-0.05, 0) is 47.0 Å². The van der Waals surface area contributed by atoms with Crippen LogP contribution in [-0.2, 0) is 0 Å². The monoisotopic (exact) mass is 361 g/mol. The van der Waals surface area contributed by atoms with E-state index in [1.165, 1.54) is 0 Å². The smallest absolute Gasteiger partial charge is 0.255 e. The molecule has 0 radical (unpaired) electrons. The van der Waals surface area contributed by atoms with Crippen LogP contribution >= 0.6 is 31.9 Å². The fourth-order valence-electron chi connectivity index (χ4n) is 1.76. The molecule has 17 heavy (non-hydrogen) atoms. The summed E-state index contributed by atoms with van der Waals surface area (Å²) in [5.41, 5.74) is 0.647. The van der Waals surface area contributed by atoms with Gasteiger partial charge in [0, 0.05) is 21.5 Å². The number of amides is 1. The van der Waals surface area contributed by atoms with E-state index >= 15 is 0 Å². The molecule has 1 N–H and O–H groups in total. The molecule has 1 aliphatic rings. The molecule has 2 rings (SSSR count). The third kappa shape index (κ3) is 3.09. The lowest BCUT2D eigenvalue weighted by molar-refractivity contribution is 0.0706. The number of carbonyl (C=O) groups is 1. The Morgan fingerprint density at radius 1 is 1.41 bits per heavy atom. The molecule has 0 unspecified atom stereocenters. The highest BCUT2D eigenvalue weighted by Crippen LogP contribution is 2.30. The number of hydrogen-bond donors (Lipinski definition) is 1. The number of halogens is 2. The summed E-state index contributed by atoms with van der Waals surface area (Å²) < 4.78 is 1.71. The second kappa shape index (κ2) is 5.50. The maximum atomic E-state index is 12.3. The van der Waals surface area contributed by atoms with Crippen LogP contribution in [0.2, 0.25) is 0 Å². The van der Waals surface area contributed by atoms with Crippen LogP contribution in [0, 0.1) is 0 Å². The van der Waals surface area contributed by atoms with Gasteiger partial charge in [-0.15, -0.1) is 0 Å². The number of carbonyl (C=O) groups excluding carboxylic acids is 1. The zero-order chi connectivity index (χ0) is 12.4. The van der Waals surface area contributed by atoms with Gasteiger partial charge in [0.1, 0.15) is 0 Å². The number of benzene rings is 1. The van der Waals surface area contributed by atoms with Gasteiger partial charge in [0.2, 0.25) is 0 Å². The molecule has 0 aliphatic heterocycles. The maximum absolute atomic E-state index is 12.3. The molecule has 1 fully saturated rings. The number of rotatable bonds is 4. The third-order valence-corrected chi connectivity index (χ3v) is 3.90. The second-order valence-corrected chi connectivity index (χ2v) is 5.85. The summed E-state index contributed by atoms with van der Waals surface area (Å²) >= 11 is 6.76. The van der Waals surface area contributed by atoms with Crippen LogP contribution in [0.5, 0.6) is 0 Å². The number of aliphatic hydroxyl groups excluding tert-OH is 1. The Morgan fingerprint density at radius 2 is 2.12 bits per heavy atom. The van der Waals surface area contributed by atoms with Gasteiger partial charge in [0.05, 0.1) is 12.2 Å². The average Bonchev–Trinajstić information content (AvgIpc) is 3.09. The first-order valence-corrected chi connectivity index (χ1v) is 7.09. The van der Waals surface area contributed by atoms with Crippen LogP contribution < -0.4 is 0 Å². The Hall–Kier alpha value is -0.390. The molecule has 0 bridgehead atoms. The van der Waals surface area contributed by atoms with E-state index in [1.807, 2.05) is 12.1 Å². The lowest BCUT2D eigenvalue weighted by Crippen LogP contribution is -2.35. The topological polar surface area (TPSA) is 40.5 Å². The van der Waals surface area contributed by atoms with Gasteiger partial charge >= 0.3 is 0 Å². The first-order valence-electron chi connectivity index (χ1n) is 5.50. The van der Waals surface area contributed by atoms with E-state index in [2.05, 4.69) is 31.9 Å².